The fourth-order valence-electron chi connectivity index (χ4n) is 1.67. The van der Waals surface area contributed by atoms with E-state index in [1.54, 1.807) is 20.3 Å². The van der Waals surface area contributed by atoms with Crippen LogP contribution in [0.3, 0.4) is 0 Å². The highest BCUT2D eigenvalue weighted by molar-refractivity contribution is 6.01. The number of nitrogens with zero attached hydrogens (tertiary/aromatic N) is 3. The molecule has 1 saturated heterocycles. The minimum atomic E-state index is -0.257. The Morgan fingerprint density at radius 2 is 2.18 bits per heavy atom. The van der Waals surface area contributed by atoms with E-state index in [9.17, 15) is 9.59 Å². The van der Waals surface area contributed by atoms with Crippen LogP contribution in [-0.2, 0) is 11.3 Å². The highest BCUT2D eigenvalue weighted by Gasteiger charge is 2.33. The lowest BCUT2D eigenvalue weighted by molar-refractivity contribution is -0.125. The van der Waals surface area contributed by atoms with Crippen LogP contribution in [0.2, 0.25) is 0 Å². The lowest BCUT2D eigenvalue weighted by Crippen LogP contribution is -2.31. The number of nitrogens with one attached hydrogen (secondary N) is 1. The van der Waals surface area contributed by atoms with Crippen LogP contribution in [0.25, 0.3) is 0 Å². The van der Waals surface area contributed by atoms with Crippen LogP contribution in [0.4, 0.5) is 10.6 Å². The van der Waals surface area contributed by atoms with Crippen LogP contribution in [0.1, 0.15) is 5.56 Å². The third kappa shape index (κ3) is 2.20. The van der Waals surface area contributed by atoms with Gasteiger partial charge in [0.1, 0.15) is 12.4 Å². The van der Waals surface area contributed by atoms with Gasteiger partial charge >= 0.3 is 6.03 Å². The van der Waals surface area contributed by atoms with Crippen LogP contribution < -0.4 is 5.32 Å². The first-order valence-electron chi connectivity index (χ1n) is 5.30. The van der Waals surface area contributed by atoms with Crippen molar-refractivity contribution in [3.8, 4) is 0 Å². The maximum atomic E-state index is 11.6. The maximum Gasteiger partial charge on any atom is 0.327 e. The van der Waals surface area contributed by atoms with Crippen LogP contribution in [0.15, 0.2) is 18.3 Å². The summed E-state index contributed by atoms with van der Waals surface area (Å²) in [5, 5.41) is 2.91. The zero-order chi connectivity index (χ0) is 12.4. The van der Waals surface area contributed by atoms with Crippen LogP contribution >= 0.6 is 0 Å². The minimum absolute atomic E-state index is 0.154. The molecule has 0 spiro atoms. The molecule has 0 aliphatic carbocycles. The highest BCUT2D eigenvalue weighted by atomic mass is 16.2. The van der Waals surface area contributed by atoms with Gasteiger partial charge in [0, 0.05) is 20.3 Å². The molecule has 2 rings (SSSR count). The summed E-state index contributed by atoms with van der Waals surface area (Å²) in [5.41, 5.74) is 0.834. The minimum Gasteiger partial charge on any atom is -0.373 e. The van der Waals surface area contributed by atoms with Gasteiger partial charge in [-0.25, -0.2) is 9.78 Å². The number of amides is 3. The molecule has 1 aliphatic heterocycles. The number of rotatable bonds is 3. The van der Waals surface area contributed by atoms with Gasteiger partial charge < -0.3 is 10.2 Å². The molecule has 0 bridgehead atoms. The fourth-order valence-corrected chi connectivity index (χ4v) is 1.67. The van der Waals surface area contributed by atoms with E-state index >= 15 is 0 Å². The first-order valence-corrected chi connectivity index (χ1v) is 5.30. The molecular formula is C11H14N4O2. The smallest absolute Gasteiger partial charge is 0.327 e. The van der Waals surface area contributed by atoms with E-state index in [1.165, 1.54) is 9.80 Å². The number of hydrogen-bond donors (Lipinski definition) is 1. The zero-order valence-corrected chi connectivity index (χ0v) is 9.80. The molecule has 1 aliphatic rings. The summed E-state index contributed by atoms with van der Waals surface area (Å²) in [6.07, 6.45) is 1.66. The summed E-state index contributed by atoms with van der Waals surface area (Å²) in [4.78, 5) is 30.0. The van der Waals surface area contributed by atoms with Gasteiger partial charge in [-0.1, -0.05) is 6.07 Å². The molecule has 1 fully saturated rings. The van der Waals surface area contributed by atoms with Crippen molar-refractivity contribution in [3.63, 3.8) is 0 Å². The summed E-state index contributed by atoms with van der Waals surface area (Å²) in [5.74, 6) is 0.583. The van der Waals surface area contributed by atoms with Crippen molar-refractivity contribution in [2.45, 2.75) is 6.54 Å². The number of urea groups is 1. The summed E-state index contributed by atoms with van der Waals surface area (Å²) in [7, 11) is 3.40. The predicted molar refractivity (Wildman–Crippen MR) is 62.4 cm³/mol. The van der Waals surface area contributed by atoms with Gasteiger partial charge in [0.15, 0.2) is 0 Å². The van der Waals surface area contributed by atoms with E-state index < -0.39 is 0 Å². The Kier molecular flexibility index (Phi) is 2.95. The largest absolute Gasteiger partial charge is 0.373 e. The van der Waals surface area contributed by atoms with E-state index in [0.717, 1.165) is 11.4 Å². The normalized spacial score (nSPS) is 15.6. The second kappa shape index (κ2) is 4.40. The van der Waals surface area contributed by atoms with Crippen molar-refractivity contribution in [2.75, 3.05) is 26.0 Å². The van der Waals surface area contributed by atoms with E-state index in [0.29, 0.717) is 0 Å². The Balaban J connectivity index is 2.10. The van der Waals surface area contributed by atoms with Crippen LogP contribution in [0, 0.1) is 0 Å². The van der Waals surface area contributed by atoms with Crippen LogP contribution in [0.5, 0.6) is 0 Å². The van der Waals surface area contributed by atoms with E-state index in [1.807, 2.05) is 12.1 Å². The first kappa shape index (κ1) is 11.4. The quantitative estimate of drug-likeness (QED) is 0.774. The zero-order valence-electron chi connectivity index (χ0n) is 9.80. The predicted octanol–water partition coefficient (Wildman–Crippen LogP) is 0.517. The molecule has 90 valence electrons. The molecule has 0 aromatic carbocycles. The molecule has 3 amide bonds. The van der Waals surface area contributed by atoms with Crippen molar-refractivity contribution in [3.05, 3.63) is 23.9 Å². The molecule has 1 N–H and O–H groups in total. The Morgan fingerprint density at radius 3 is 2.65 bits per heavy atom. The Hall–Kier alpha value is -2.11. The van der Waals surface area contributed by atoms with Gasteiger partial charge in [0.05, 0.1) is 6.54 Å². The molecule has 0 atom stereocenters. The second-order valence-corrected chi connectivity index (χ2v) is 3.92. The Bertz CT molecular complexity index is 443. The average molecular weight is 234 g/mol. The lowest BCUT2D eigenvalue weighted by Gasteiger charge is -2.13. The highest BCUT2D eigenvalue weighted by Crippen LogP contribution is 2.13. The average Bonchev–Trinajstić information content (AvgIpc) is 2.57. The first-order chi connectivity index (χ1) is 8.11. The van der Waals surface area contributed by atoms with E-state index in [2.05, 4.69) is 10.3 Å². The van der Waals surface area contributed by atoms with Crippen molar-refractivity contribution in [1.82, 2.24) is 14.8 Å². The maximum absolute atomic E-state index is 11.6. The van der Waals surface area contributed by atoms with E-state index in [4.69, 9.17) is 0 Å². The van der Waals surface area contributed by atoms with Gasteiger partial charge in [-0.05, 0) is 11.6 Å². The monoisotopic (exact) mass is 234 g/mol. The number of anilines is 1. The SMILES string of the molecule is CNc1ccc(CN2C(=O)CN(C)C2=O)cn1. The van der Waals surface area contributed by atoms with Gasteiger partial charge in [0.25, 0.3) is 5.91 Å². The molecule has 1 aromatic rings. The van der Waals surface area contributed by atoms with E-state index in [-0.39, 0.29) is 25.0 Å². The number of aromatic nitrogens is 1. The third-order valence-electron chi connectivity index (χ3n) is 2.65. The number of hydrogen-bond acceptors (Lipinski definition) is 4. The lowest BCUT2D eigenvalue weighted by atomic mass is 10.2. The summed E-state index contributed by atoms with van der Waals surface area (Å²) < 4.78 is 0. The van der Waals surface area contributed by atoms with Crippen LogP contribution in [-0.4, -0.2) is 47.4 Å². The Labute approximate surface area is 99.2 Å². The summed E-state index contributed by atoms with van der Waals surface area (Å²) in [6.45, 7) is 0.430. The Morgan fingerprint density at radius 1 is 1.41 bits per heavy atom. The van der Waals surface area contributed by atoms with Crippen molar-refractivity contribution < 1.29 is 9.59 Å². The molecule has 0 saturated carbocycles. The van der Waals surface area contributed by atoms with Gasteiger partial charge in [-0.2, -0.15) is 0 Å². The van der Waals surface area contributed by atoms with Crippen molar-refractivity contribution in [1.29, 1.82) is 0 Å². The summed E-state index contributed by atoms with van der Waals surface area (Å²) >= 11 is 0. The van der Waals surface area contributed by atoms with Crippen molar-refractivity contribution in [2.24, 2.45) is 0 Å². The third-order valence-corrected chi connectivity index (χ3v) is 2.65. The standard InChI is InChI=1S/C11H14N4O2/c1-12-9-4-3-8(5-13-9)6-15-10(16)7-14(2)11(15)17/h3-5H,6-7H2,1-2H3,(H,12,13). The molecular weight excluding hydrogens is 220 g/mol. The van der Waals surface area contributed by atoms with Crippen molar-refractivity contribution >= 4 is 17.8 Å². The number of pyridine rings is 1. The number of carbonyl (C=O) groups excluding carboxylic acids is 2. The molecule has 2 heterocycles. The van der Waals surface area contributed by atoms with Gasteiger partial charge in [0.2, 0.25) is 0 Å². The van der Waals surface area contributed by atoms with Gasteiger partial charge in [-0.3, -0.25) is 9.69 Å². The van der Waals surface area contributed by atoms with Gasteiger partial charge in [-0.15, -0.1) is 0 Å². The molecule has 17 heavy (non-hydrogen) atoms. The number of likely N-dealkylation sites (N-methyl/N-ethyl adjacent to an activating group) is 1. The molecule has 6 nitrogen and oxygen atoms in total. The molecule has 6 heteroatoms. The molecule has 0 radical (unpaired) electrons. The molecule has 1 aromatic heterocycles. The summed E-state index contributed by atoms with van der Waals surface area (Å²) in [6, 6.07) is 3.40. The second-order valence-electron chi connectivity index (χ2n) is 3.92. The number of imide groups is 1. The molecule has 0 unspecified atom stereocenters. The number of carbonyl (C=O) groups is 2. The topological polar surface area (TPSA) is 65.5 Å². The fraction of sp³-hybridized carbons (Fsp3) is 0.364.